The second kappa shape index (κ2) is 4.00. The molecule has 4 heteroatoms. The summed E-state index contributed by atoms with van der Waals surface area (Å²) in [7, 11) is 0. The van der Waals surface area contributed by atoms with Crippen LogP contribution in [0, 0.1) is 10.1 Å². The van der Waals surface area contributed by atoms with Gasteiger partial charge in [0, 0.05) is 5.57 Å². The molecule has 1 unspecified atom stereocenters. The van der Waals surface area contributed by atoms with Crippen LogP contribution in [0.15, 0.2) is 11.8 Å². The van der Waals surface area contributed by atoms with Crippen molar-refractivity contribution in [3.63, 3.8) is 0 Å². The van der Waals surface area contributed by atoms with Gasteiger partial charge in [0.15, 0.2) is 0 Å². The van der Waals surface area contributed by atoms with Crippen LogP contribution in [0.4, 0.5) is 0 Å². The van der Waals surface area contributed by atoms with Gasteiger partial charge in [0.2, 0.25) is 6.20 Å². The lowest BCUT2D eigenvalue weighted by Gasteiger charge is -2.03. The van der Waals surface area contributed by atoms with E-state index in [1.165, 1.54) is 6.92 Å². The van der Waals surface area contributed by atoms with E-state index in [9.17, 15) is 10.1 Å². The Morgan fingerprint density at radius 2 is 2.40 bits per heavy atom. The molecule has 0 aromatic carbocycles. The molecule has 0 aliphatic rings. The highest BCUT2D eigenvalue weighted by molar-refractivity contribution is 4.99. The zero-order valence-electron chi connectivity index (χ0n) is 6.07. The van der Waals surface area contributed by atoms with Crippen molar-refractivity contribution in [1.29, 1.82) is 0 Å². The molecule has 0 bridgehead atoms. The normalized spacial score (nSPS) is 14.9. The number of aliphatic hydroxyl groups is 1. The Hall–Kier alpha value is -0.900. The highest BCUT2D eigenvalue weighted by Gasteiger charge is 2.05. The Balaban J connectivity index is 4.04. The minimum atomic E-state index is -0.676. The molecule has 0 rings (SSSR count). The van der Waals surface area contributed by atoms with Gasteiger partial charge in [-0.15, -0.1) is 0 Å². The molecular formula is C6H11NO3. The molecule has 0 amide bonds. The van der Waals surface area contributed by atoms with Gasteiger partial charge in [-0.3, -0.25) is 10.1 Å². The number of aliphatic hydroxyl groups excluding tert-OH is 1. The van der Waals surface area contributed by atoms with Crippen LogP contribution >= 0.6 is 0 Å². The van der Waals surface area contributed by atoms with Gasteiger partial charge in [-0.25, -0.2) is 0 Å². The van der Waals surface area contributed by atoms with Crippen molar-refractivity contribution in [2.75, 3.05) is 0 Å². The zero-order valence-corrected chi connectivity index (χ0v) is 6.07. The van der Waals surface area contributed by atoms with Crippen molar-refractivity contribution >= 4 is 0 Å². The first-order valence-electron chi connectivity index (χ1n) is 3.07. The SMILES string of the molecule is CCC(O)/C(C)=C/[N+](=O)[O-]. The van der Waals surface area contributed by atoms with E-state index >= 15 is 0 Å². The summed E-state index contributed by atoms with van der Waals surface area (Å²) in [6, 6.07) is 0. The smallest absolute Gasteiger partial charge is 0.235 e. The van der Waals surface area contributed by atoms with Crippen LogP contribution in [0.5, 0.6) is 0 Å². The minimum absolute atomic E-state index is 0.396. The zero-order chi connectivity index (χ0) is 8.15. The molecule has 0 aromatic rings. The van der Waals surface area contributed by atoms with E-state index in [0.29, 0.717) is 12.0 Å². The van der Waals surface area contributed by atoms with Crippen molar-refractivity contribution in [2.45, 2.75) is 26.4 Å². The van der Waals surface area contributed by atoms with Crippen LogP contribution < -0.4 is 0 Å². The van der Waals surface area contributed by atoms with Gasteiger partial charge in [-0.2, -0.15) is 0 Å². The molecule has 4 nitrogen and oxygen atoms in total. The van der Waals surface area contributed by atoms with Crippen molar-refractivity contribution in [3.8, 4) is 0 Å². The third-order valence-electron chi connectivity index (χ3n) is 1.22. The fourth-order valence-corrected chi connectivity index (χ4v) is 0.574. The molecule has 0 radical (unpaired) electrons. The molecule has 58 valence electrons. The van der Waals surface area contributed by atoms with E-state index < -0.39 is 11.0 Å². The van der Waals surface area contributed by atoms with Crippen LogP contribution in [-0.4, -0.2) is 16.1 Å². The van der Waals surface area contributed by atoms with Gasteiger partial charge in [0.1, 0.15) is 0 Å². The van der Waals surface area contributed by atoms with Gasteiger partial charge in [0.25, 0.3) is 0 Å². The van der Waals surface area contributed by atoms with Crippen LogP contribution in [-0.2, 0) is 0 Å². The molecule has 0 saturated carbocycles. The van der Waals surface area contributed by atoms with E-state index in [1.807, 2.05) is 0 Å². The molecule has 0 fully saturated rings. The van der Waals surface area contributed by atoms with E-state index in [-0.39, 0.29) is 0 Å². The molecule has 1 atom stereocenters. The van der Waals surface area contributed by atoms with Crippen LogP contribution in [0.2, 0.25) is 0 Å². The van der Waals surface area contributed by atoms with Crippen molar-refractivity contribution < 1.29 is 10.0 Å². The Morgan fingerprint density at radius 1 is 1.90 bits per heavy atom. The quantitative estimate of drug-likeness (QED) is 0.474. The summed E-state index contributed by atoms with van der Waals surface area (Å²) in [4.78, 5) is 9.29. The highest BCUT2D eigenvalue weighted by atomic mass is 16.6. The highest BCUT2D eigenvalue weighted by Crippen LogP contribution is 2.03. The number of nitro groups is 1. The molecule has 0 heterocycles. The number of rotatable bonds is 3. The molecule has 0 aliphatic heterocycles. The largest absolute Gasteiger partial charge is 0.389 e. The first-order valence-corrected chi connectivity index (χ1v) is 3.07. The molecule has 0 spiro atoms. The summed E-state index contributed by atoms with van der Waals surface area (Å²) in [5.41, 5.74) is 0.396. The van der Waals surface area contributed by atoms with Gasteiger partial charge in [-0.1, -0.05) is 6.92 Å². The molecule has 10 heavy (non-hydrogen) atoms. The molecule has 1 N–H and O–H groups in total. The average molecular weight is 145 g/mol. The monoisotopic (exact) mass is 145 g/mol. The maximum absolute atomic E-state index is 9.85. The van der Waals surface area contributed by atoms with Gasteiger partial charge in [0.05, 0.1) is 11.0 Å². The van der Waals surface area contributed by atoms with Gasteiger partial charge < -0.3 is 5.11 Å². The summed E-state index contributed by atoms with van der Waals surface area (Å²) in [5.74, 6) is 0. The third kappa shape index (κ3) is 3.19. The third-order valence-corrected chi connectivity index (χ3v) is 1.22. The summed E-state index contributed by atoms with van der Waals surface area (Å²) < 4.78 is 0. The molecular weight excluding hydrogens is 134 g/mol. The number of hydrogen-bond acceptors (Lipinski definition) is 3. The topological polar surface area (TPSA) is 63.4 Å². The van der Waals surface area contributed by atoms with Crippen LogP contribution in [0.25, 0.3) is 0 Å². The maximum Gasteiger partial charge on any atom is 0.235 e. The van der Waals surface area contributed by atoms with Crippen LogP contribution in [0.1, 0.15) is 20.3 Å². The van der Waals surface area contributed by atoms with Gasteiger partial charge in [-0.05, 0) is 13.3 Å². The standard InChI is InChI=1S/C6H11NO3/c1-3-6(8)5(2)4-7(9)10/h4,6,8H,3H2,1-2H3/b5-4+. The van der Waals surface area contributed by atoms with Crippen LogP contribution in [0.3, 0.4) is 0 Å². The first kappa shape index (κ1) is 9.10. The van der Waals surface area contributed by atoms with Crippen molar-refractivity contribution in [2.24, 2.45) is 0 Å². The lowest BCUT2D eigenvalue weighted by Crippen LogP contribution is -2.07. The Kier molecular flexibility index (Phi) is 3.64. The lowest BCUT2D eigenvalue weighted by molar-refractivity contribution is -0.403. The molecule has 0 aromatic heterocycles. The van der Waals surface area contributed by atoms with E-state index in [4.69, 9.17) is 5.11 Å². The van der Waals surface area contributed by atoms with Crippen molar-refractivity contribution in [1.82, 2.24) is 0 Å². The Labute approximate surface area is 59.3 Å². The fraction of sp³-hybridized carbons (Fsp3) is 0.667. The van der Waals surface area contributed by atoms with E-state index in [2.05, 4.69) is 0 Å². The summed E-state index contributed by atoms with van der Waals surface area (Å²) in [5, 5.41) is 18.9. The average Bonchev–Trinajstić information content (AvgIpc) is 1.85. The fourth-order valence-electron chi connectivity index (χ4n) is 0.574. The predicted molar refractivity (Wildman–Crippen MR) is 37.0 cm³/mol. The van der Waals surface area contributed by atoms with Crippen molar-refractivity contribution in [3.05, 3.63) is 21.9 Å². The Morgan fingerprint density at radius 3 is 2.70 bits per heavy atom. The summed E-state index contributed by atoms with van der Waals surface area (Å²) in [6.07, 6.45) is 0.662. The van der Waals surface area contributed by atoms with E-state index in [0.717, 1.165) is 6.20 Å². The lowest BCUT2D eigenvalue weighted by atomic mass is 10.1. The number of hydrogen-bond donors (Lipinski definition) is 1. The minimum Gasteiger partial charge on any atom is -0.389 e. The van der Waals surface area contributed by atoms with E-state index in [1.54, 1.807) is 6.92 Å². The van der Waals surface area contributed by atoms with Gasteiger partial charge >= 0.3 is 0 Å². The summed E-state index contributed by atoms with van der Waals surface area (Å²) >= 11 is 0. The maximum atomic E-state index is 9.85. The predicted octanol–water partition coefficient (Wildman–Crippen LogP) is 0.938. The molecule has 0 saturated heterocycles. The second-order valence-electron chi connectivity index (χ2n) is 2.08. The summed E-state index contributed by atoms with van der Waals surface area (Å²) in [6.45, 7) is 3.30. The number of nitrogens with zero attached hydrogens (tertiary/aromatic N) is 1. The first-order chi connectivity index (χ1) is 4.57. The molecule has 0 aliphatic carbocycles. The Bertz CT molecular complexity index is 153. The second-order valence-corrected chi connectivity index (χ2v) is 2.08.